The quantitative estimate of drug-likeness (QED) is 0.880. The van der Waals surface area contributed by atoms with E-state index in [4.69, 9.17) is 10.5 Å². The molecular formula is C18H23Cl2N3O2. The number of amides is 1. The molecule has 2 aromatic rings. The number of likely N-dealkylation sites (tertiary alicyclic amines) is 1. The number of ether oxygens (including phenoxy) is 1. The molecule has 1 unspecified atom stereocenters. The Morgan fingerprint density at radius 3 is 2.84 bits per heavy atom. The summed E-state index contributed by atoms with van der Waals surface area (Å²) in [6.45, 7) is 1.83. The van der Waals surface area contributed by atoms with Crippen LogP contribution in [0.1, 0.15) is 28.8 Å². The Balaban J connectivity index is 0.00000156. The summed E-state index contributed by atoms with van der Waals surface area (Å²) in [6, 6.07) is 11.2. The zero-order valence-electron chi connectivity index (χ0n) is 13.8. The van der Waals surface area contributed by atoms with Gasteiger partial charge in [0.2, 0.25) is 0 Å². The van der Waals surface area contributed by atoms with Gasteiger partial charge in [-0.1, -0.05) is 12.1 Å². The minimum atomic E-state index is 0. The fraction of sp³-hybridized carbons (Fsp3) is 0.333. The normalized spacial score (nSPS) is 16.4. The second-order valence-electron chi connectivity index (χ2n) is 5.83. The first-order valence-corrected chi connectivity index (χ1v) is 7.89. The summed E-state index contributed by atoms with van der Waals surface area (Å²) in [5.74, 6) is 0.702. The van der Waals surface area contributed by atoms with Crippen molar-refractivity contribution in [2.75, 3.05) is 13.1 Å². The Hall–Kier alpha value is -1.82. The number of hydrogen-bond donors (Lipinski definition) is 1. The first-order valence-electron chi connectivity index (χ1n) is 7.89. The third kappa shape index (κ3) is 5.88. The lowest BCUT2D eigenvalue weighted by Crippen LogP contribution is -2.45. The van der Waals surface area contributed by atoms with E-state index in [9.17, 15) is 4.79 Å². The van der Waals surface area contributed by atoms with Gasteiger partial charge in [0.1, 0.15) is 12.4 Å². The fourth-order valence-electron chi connectivity index (χ4n) is 2.75. The summed E-state index contributed by atoms with van der Waals surface area (Å²) in [5.41, 5.74) is 7.59. The van der Waals surface area contributed by atoms with Crippen LogP contribution in [0.2, 0.25) is 0 Å². The average Bonchev–Trinajstić information content (AvgIpc) is 2.60. The lowest BCUT2D eigenvalue weighted by atomic mass is 10.1. The summed E-state index contributed by atoms with van der Waals surface area (Å²) in [6.07, 6.45) is 5.44. The van der Waals surface area contributed by atoms with Gasteiger partial charge >= 0.3 is 0 Å². The first kappa shape index (κ1) is 21.2. The van der Waals surface area contributed by atoms with Gasteiger partial charge in [-0.2, -0.15) is 0 Å². The van der Waals surface area contributed by atoms with Crippen LogP contribution < -0.4 is 10.5 Å². The Morgan fingerprint density at radius 2 is 2.12 bits per heavy atom. The summed E-state index contributed by atoms with van der Waals surface area (Å²) < 4.78 is 5.76. The molecule has 1 atom stereocenters. The van der Waals surface area contributed by atoms with Crippen LogP contribution in [0.15, 0.2) is 48.8 Å². The van der Waals surface area contributed by atoms with Crippen LogP contribution in [0.5, 0.6) is 5.75 Å². The maximum absolute atomic E-state index is 12.6. The molecule has 1 aliphatic heterocycles. The van der Waals surface area contributed by atoms with E-state index in [1.54, 1.807) is 18.5 Å². The molecule has 0 spiro atoms. The molecule has 2 heterocycles. The average molecular weight is 384 g/mol. The van der Waals surface area contributed by atoms with E-state index in [2.05, 4.69) is 4.98 Å². The zero-order valence-corrected chi connectivity index (χ0v) is 15.5. The third-order valence-corrected chi connectivity index (χ3v) is 3.95. The van der Waals surface area contributed by atoms with Gasteiger partial charge in [0, 0.05) is 42.7 Å². The lowest BCUT2D eigenvalue weighted by molar-refractivity contribution is 0.0708. The van der Waals surface area contributed by atoms with Crippen LogP contribution in [0.25, 0.3) is 0 Å². The molecule has 1 aromatic carbocycles. The molecule has 0 bridgehead atoms. The van der Waals surface area contributed by atoms with Crippen LogP contribution in [0.4, 0.5) is 0 Å². The van der Waals surface area contributed by atoms with E-state index < -0.39 is 0 Å². The molecule has 1 saturated heterocycles. The highest BCUT2D eigenvalue weighted by Gasteiger charge is 2.22. The van der Waals surface area contributed by atoms with Crippen LogP contribution in [-0.4, -0.2) is 34.9 Å². The van der Waals surface area contributed by atoms with Gasteiger partial charge in [0.15, 0.2) is 0 Å². The SMILES string of the molecule is Cl.Cl.NC1CCCN(C(=O)c2cccc(OCc3cccnc3)c2)C1. The maximum Gasteiger partial charge on any atom is 0.254 e. The lowest BCUT2D eigenvalue weighted by Gasteiger charge is -2.30. The standard InChI is InChI=1S/C18H21N3O2.2ClH/c19-16-6-3-9-21(12-16)18(22)15-5-1-7-17(10-15)23-13-14-4-2-8-20-11-14;;/h1-2,4-5,7-8,10-11,16H,3,6,9,12-13,19H2;2*1H. The van der Waals surface area contributed by atoms with Gasteiger partial charge in [0.25, 0.3) is 5.91 Å². The predicted octanol–water partition coefficient (Wildman–Crippen LogP) is 3.07. The molecule has 1 aromatic heterocycles. The largest absolute Gasteiger partial charge is 0.489 e. The van der Waals surface area contributed by atoms with Gasteiger partial charge in [0.05, 0.1) is 0 Å². The highest BCUT2D eigenvalue weighted by atomic mass is 35.5. The minimum Gasteiger partial charge on any atom is -0.489 e. The number of halogens is 2. The van der Waals surface area contributed by atoms with Crippen molar-refractivity contribution in [1.82, 2.24) is 9.88 Å². The van der Waals surface area contributed by atoms with E-state index in [1.165, 1.54) is 0 Å². The highest BCUT2D eigenvalue weighted by molar-refractivity contribution is 5.94. The Bertz CT molecular complexity index is 670. The van der Waals surface area contributed by atoms with Crippen LogP contribution >= 0.6 is 24.8 Å². The Kier molecular flexibility index (Phi) is 8.69. The van der Waals surface area contributed by atoms with E-state index in [0.717, 1.165) is 24.9 Å². The summed E-state index contributed by atoms with van der Waals surface area (Å²) >= 11 is 0. The number of rotatable bonds is 4. The van der Waals surface area contributed by atoms with E-state index in [0.29, 0.717) is 24.5 Å². The second-order valence-corrected chi connectivity index (χ2v) is 5.83. The number of nitrogens with two attached hydrogens (primary N) is 1. The highest BCUT2D eigenvalue weighted by Crippen LogP contribution is 2.18. The molecule has 7 heteroatoms. The van der Waals surface area contributed by atoms with Crippen molar-refractivity contribution in [1.29, 1.82) is 0 Å². The minimum absolute atomic E-state index is 0. The van der Waals surface area contributed by atoms with Crippen LogP contribution in [-0.2, 0) is 6.61 Å². The van der Waals surface area contributed by atoms with Crippen LogP contribution in [0.3, 0.4) is 0 Å². The molecule has 5 nitrogen and oxygen atoms in total. The van der Waals surface area contributed by atoms with Gasteiger partial charge in [-0.3, -0.25) is 9.78 Å². The number of hydrogen-bond acceptors (Lipinski definition) is 4. The summed E-state index contributed by atoms with van der Waals surface area (Å²) in [7, 11) is 0. The number of piperidine rings is 1. The van der Waals surface area contributed by atoms with Crippen molar-refractivity contribution in [3.05, 3.63) is 59.9 Å². The molecule has 136 valence electrons. The number of benzene rings is 1. The van der Waals surface area contributed by atoms with E-state index in [1.807, 2.05) is 35.2 Å². The molecular weight excluding hydrogens is 361 g/mol. The van der Waals surface area contributed by atoms with Gasteiger partial charge in [-0.25, -0.2) is 0 Å². The maximum atomic E-state index is 12.6. The van der Waals surface area contributed by atoms with Crippen molar-refractivity contribution >= 4 is 30.7 Å². The zero-order chi connectivity index (χ0) is 16.1. The number of carbonyl (C=O) groups excluding carboxylic acids is 1. The molecule has 0 saturated carbocycles. The van der Waals surface area contributed by atoms with Crippen molar-refractivity contribution in [2.45, 2.75) is 25.5 Å². The van der Waals surface area contributed by atoms with Crippen molar-refractivity contribution in [3.8, 4) is 5.75 Å². The topological polar surface area (TPSA) is 68.5 Å². The summed E-state index contributed by atoms with van der Waals surface area (Å²) in [4.78, 5) is 18.5. The number of carbonyl (C=O) groups is 1. The van der Waals surface area contributed by atoms with E-state index >= 15 is 0 Å². The predicted molar refractivity (Wildman–Crippen MR) is 103 cm³/mol. The second kappa shape index (κ2) is 10.2. The van der Waals surface area contributed by atoms with Gasteiger partial charge in [-0.15, -0.1) is 24.8 Å². The Morgan fingerprint density at radius 1 is 1.28 bits per heavy atom. The smallest absolute Gasteiger partial charge is 0.254 e. The first-order chi connectivity index (χ1) is 11.2. The van der Waals surface area contributed by atoms with Crippen molar-refractivity contribution in [3.63, 3.8) is 0 Å². The number of nitrogens with zero attached hydrogens (tertiary/aromatic N) is 2. The summed E-state index contributed by atoms with van der Waals surface area (Å²) in [5, 5.41) is 0. The van der Waals surface area contributed by atoms with Gasteiger partial charge in [-0.05, 0) is 37.1 Å². The molecule has 1 amide bonds. The monoisotopic (exact) mass is 383 g/mol. The molecule has 0 aliphatic carbocycles. The van der Waals surface area contributed by atoms with Gasteiger partial charge < -0.3 is 15.4 Å². The number of pyridine rings is 1. The van der Waals surface area contributed by atoms with Crippen molar-refractivity contribution in [2.24, 2.45) is 5.73 Å². The number of aromatic nitrogens is 1. The molecule has 0 radical (unpaired) electrons. The third-order valence-electron chi connectivity index (χ3n) is 3.95. The van der Waals surface area contributed by atoms with Crippen molar-refractivity contribution < 1.29 is 9.53 Å². The molecule has 25 heavy (non-hydrogen) atoms. The Labute approximate surface area is 160 Å². The molecule has 2 N–H and O–H groups in total. The van der Waals surface area contributed by atoms with Crippen LogP contribution in [0, 0.1) is 0 Å². The molecule has 3 rings (SSSR count). The molecule has 1 aliphatic rings. The molecule has 1 fully saturated rings. The van der Waals surface area contributed by atoms with E-state index in [-0.39, 0.29) is 36.8 Å². The fourth-order valence-corrected chi connectivity index (χ4v) is 2.75.